The number of aliphatic hydroxyl groups excluding tert-OH is 1. The molecule has 2 N–H and O–H groups in total. The topological polar surface area (TPSA) is 122 Å². The molecule has 0 aromatic carbocycles. The van der Waals surface area contributed by atoms with Crippen molar-refractivity contribution in [1.82, 2.24) is 24.6 Å². The van der Waals surface area contributed by atoms with E-state index in [1.54, 1.807) is 62.1 Å². The second-order valence-electron chi connectivity index (χ2n) is 8.39. The molecule has 3 amide bonds. The summed E-state index contributed by atoms with van der Waals surface area (Å²) in [6.45, 7) is 5.21. The summed E-state index contributed by atoms with van der Waals surface area (Å²) in [6, 6.07) is 6.06. The van der Waals surface area contributed by atoms with E-state index in [-0.39, 0.29) is 12.2 Å². The third-order valence-electron chi connectivity index (χ3n) is 5.27. The van der Waals surface area contributed by atoms with Gasteiger partial charge in [0.1, 0.15) is 23.5 Å². The van der Waals surface area contributed by atoms with Crippen molar-refractivity contribution in [3.05, 3.63) is 48.5 Å². The van der Waals surface area contributed by atoms with E-state index in [1.807, 2.05) is 13.2 Å². The van der Waals surface area contributed by atoms with Crippen molar-refractivity contribution in [2.45, 2.75) is 33.4 Å². The SMILES string of the molecule is Cc1nc(NC(=O)N2C(=O)CC(C)(C)C2O)ccc1Oc1ccnc(-c2cnn(C)c2)c1. The van der Waals surface area contributed by atoms with E-state index >= 15 is 0 Å². The molecule has 4 rings (SSSR count). The number of aryl methyl sites for hydroxylation is 2. The summed E-state index contributed by atoms with van der Waals surface area (Å²) in [6.07, 6.45) is 4.13. The molecule has 3 aromatic heterocycles. The summed E-state index contributed by atoms with van der Waals surface area (Å²) in [7, 11) is 1.83. The van der Waals surface area contributed by atoms with Gasteiger partial charge in [0.05, 0.1) is 17.6 Å². The van der Waals surface area contributed by atoms with E-state index in [0.29, 0.717) is 17.2 Å². The third kappa shape index (κ3) is 4.17. The summed E-state index contributed by atoms with van der Waals surface area (Å²) in [5.41, 5.74) is 1.43. The zero-order valence-electron chi connectivity index (χ0n) is 18.2. The highest BCUT2D eigenvalue weighted by Crippen LogP contribution is 2.36. The van der Waals surface area contributed by atoms with E-state index in [4.69, 9.17) is 4.74 Å². The Bertz CT molecular complexity index is 1190. The van der Waals surface area contributed by atoms with Gasteiger partial charge in [-0.1, -0.05) is 13.8 Å². The van der Waals surface area contributed by atoms with Gasteiger partial charge in [0.25, 0.3) is 0 Å². The van der Waals surface area contributed by atoms with Crippen molar-refractivity contribution < 1.29 is 19.4 Å². The molecule has 0 spiro atoms. The monoisotopic (exact) mass is 436 g/mol. The minimum atomic E-state index is -1.19. The standard InChI is InChI=1S/C22H24N6O4/c1-13-17(32-15-7-8-23-16(9-15)14-11-24-27(4)12-14)5-6-18(25-13)26-21(31)28-19(29)10-22(2,3)20(28)30/h5-9,11-12,20,30H,10H2,1-4H3,(H,25,26,31). The van der Waals surface area contributed by atoms with Crippen LogP contribution in [0.25, 0.3) is 11.3 Å². The van der Waals surface area contributed by atoms with Crippen LogP contribution in [0.2, 0.25) is 0 Å². The number of nitrogens with zero attached hydrogens (tertiary/aromatic N) is 5. The highest BCUT2D eigenvalue weighted by molar-refractivity contribution is 6.02. The molecule has 1 unspecified atom stereocenters. The maximum absolute atomic E-state index is 12.5. The summed E-state index contributed by atoms with van der Waals surface area (Å²) < 4.78 is 7.65. The fourth-order valence-corrected chi connectivity index (χ4v) is 3.48. The summed E-state index contributed by atoms with van der Waals surface area (Å²) in [5, 5.41) is 17.0. The molecule has 10 nitrogen and oxygen atoms in total. The van der Waals surface area contributed by atoms with Crippen LogP contribution in [-0.2, 0) is 11.8 Å². The van der Waals surface area contributed by atoms with Crippen molar-refractivity contribution in [3.63, 3.8) is 0 Å². The molecule has 0 radical (unpaired) electrons. The Kier molecular flexibility index (Phi) is 5.39. The van der Waals surface area contributed by atoms with Gasteiger partial charge < -0.3 is 9.84 Å². The van der Waals surface area contributed by atoms with Crippen molar-refractivity contribution in [2.75, 3.05) is 5.32 Å². The first kappa shape index (κ1) is 21.4. The number of carbonyl (C=O) groups excluding carboxylic acids is 2. The highest BCUT2D eigenvalue weighted by Gasteiger charge is 2.47. The number of hydrogen-bond acceptors (Lipinski definition) is 7. The predicted octanol–water partition coefficient (Wildman–Crippen LogP) is 3.09. The molecule has 1 aliphatic heterocycles. The summed E-state index contributed by atoms with van der Waals surface area (Å²) in [4.78, 5) is 34.2. The van der Waals surface area contributed by atoms with Gasteiger partial charge in [-0.3, -0.25) is 19.8 Å². The lowest BCUT2D eigenvalue weighted by Gasteiger charge is -2.26. The number of pyridine rings is 2. The molecular formula is C22H24N6O4. The van der Waals surface area contributed by atoms with Gasteiger partial charge in [0.2, 0.25) is 5.91 Å². The largest absolute Gasteiger partial charge is 0.455 e. The number of carbonyl (C=O) groups is 2. The van der Waals surface area contributed by atoms with Crippen LogP contribution in [-0.4, -0.2) is 47.9 Å². The molecule has 3 aromatic rings. The van der Waals surface area contributed by atoms with Gasteiger partial charge in [0.15, 0.2) is 0 Å². The maximum atomic E-state index is 12.5. The summed E-state index contributed by atoms with van der Waals surface area (Å²) >= 11 is 0. The lowest BCUT2D eigenvalue weighted by Crippen LogP contribution is -2.44. The van der Waals surface area contributed by atoms with Crippen LogP contribution in [0.1, 0.15) is 26.0 Å². The smallest absolute Gasteiger partial charge is 0.331 e. The number of imide groups is 1. The quantitative estimate of drug-likeness (QED) is 0.644. The maximum Gasteiger partial charge on any atom is 0.331 e. The molecule has 1 fully saturated rings. The van der Waals surface area contributed by atoms with Gasteiger partial charge in [0, 0.05) is 42.9 Å². The number of likely N-dealkylation sites (tertiary alicyclic amines) is 1. The lowest BCUT2D eigenvalue weighted by atomic mass is 9.91. The average molecular weight is 436 g/mol. The van der Waals surface area contributed by atoms with E-state index < -0.39 is 23.6 Å². The molecule has 0 aliphatic carbocycles. The molecule has 0 saturated carbocycles. The fourth-order valence-electron chi connectivity index (χ4n) is 3.48. The van der Waals surface area contributed by atoms with Gasteiger partial charge in [-0.2, -0.15) is 5.10 Å². The van der Waals surface area contributed by atoms with Crippen molar-refractivity contribution in [2.24, 2.45) is 12.5 Å². The number of anilines is 1. The second kappa shape index (κ2) is 8.04. The summed E-state index contributed by atoms with van der Waals surface area (Å²) in [5.74, 6) is 0.896. The minimum absolute atomic E-state index is 0.0911. The van der Waals surface area contributed by atoms with Gasteiger partial charge in [-0.05, 0) is 25.1 Å². The molecule has 1 atom stereocenters. The van der Waals surface area contributed by atoms with E-state index in [9.17, 15) is 14.7 Å². The first-order valence-electron chi connectivity index (χ1n) is 10.1. The molecule has 4 heterocycles. The van der Waals surface area contributed by atoms with Crippen molar-refractivity contribution in [3.8, 4) is 22.8 Å². The van der Waals surface area contributed by atoms with Crippen LogP contribution >= 0.6 is 0 Å². The number of hydrogen-bond donors (Lipinski definition) is 2. The second-order valence-corrected chi connectivity index (χ2v) is 8.39. The third-order valence-corrected chi connectivity index (χ3v) is 5.27. The molecule has 1 saturated heterocycles. The van der Waals surface area contributed by atoms with E-state index in [1.165, 1.54) is 0 Å². The van der Waals surface area contributed by atoms with Gasteiger partial charge in [-0.25, -0.2) is 14.7 Å². The fraction of sp³-hybridized carbons (Fsp3) is 0.318. The number of aromatic nitrogens is 4. The Labute approximate surface area is 184 Å². The average Bonchev–Trinajstić information content (AvgIpc) is 3.24. The molecule has 32 heavy (non-hydrogen) atoms. The molecule has 166 valence electrons. The van der Waals surface area contributed by atoms with Gasteiger partial charge in [-0.15, -0.1) is 0 Å². The van der Waals surface area contributed by atoms with Crippen LogP contribution in [0.5, 0.6) is 11.5 Å². The number of ether oxygens (including phenoxy) is 1. The molecule has 1 aliphatic rings. The zero-order valence-corrected chi connectivity index (χ0v) is 18.2. The first-order valence-corrected chi connectivity index (χ1v) is 10.1. The molecule has 0 bridgehead atoms. The Hall–Kier alpha value is -3.79. The Morgan fingerprint density at radius 2 is 2.09 bits per heavy atom. The van der Waals surface area contributed by atoms with Crippen LogP contribution in [0, 0.1) is 12.3 Å². The van der Waals surface area contributed by atoms with Gasteiger partial charge >= 0.3 is 6.03 Å². The number of amides is 3. The first-order chi connectivity index (χ1) is 15.1. The highest BCUT2D eigenvalue weighted by atomic mass is 16.5. The number of aliphatic hydroxyl groups is 1. The van der Waals surface area contributed by atoms with Crippen molar-refractivity contribution >= 4 is 17.8 Å². The molecule has 10 heteroatoms. The van der Waals surface area contributed by atoms with E-state index in [2.05, 4.69) is 20.4 Å². The Morgan fingerprint density at radius 3 is 2.72 bits per heavy atom. The normalized spacial score (nSPS) is 17.5. The van der Waals surface area contributed by atoms with Crippen molar-refractivity contribution in [1.29, 1.82) is 0 Å². The van der Waals surface area contributed by atoms with Crippen LogP contribution in [0.4, 0.5) is 10.6 Å². The van der Waals surface area contributed by atoms with Crippen LogP contribution < -0.4 is 10.1 Å². The Balaban J connectivity index is 1.47. The van der Waals surface area contributed by atoms with E-state index in [0.717, 1.165) is 16.2 Å². The number of rotatable bonds is 4. The predicted molar refractivity (Wildman–Crippen MR) is 116 cm³/mol. The minimum Gasteiger partial charge on any atom is -0.455 e. The number of nitrogens with one attached hydrogen (secondary N) is 1. The van der Waals surface area contributed by atoms with Crippen LogP contribution in [0.15, 0.2) is 42.9 Å². The molecular weight excluding hydrogens is 412 g/mol. The lowest BCUT2D eigenvalue weighted by molar-refractivity contribution is -0.129. The Morgan fingerprint density at radius 1 is 1.31 bits per heavy atom. The zero-order chi connectivity index (χ0) is 23.0. The van der Waals surface area contributed by atoms with Crippen LogP contribution in [0.3, 0.4) is 0 Å². The number of urea groups is 1.